The van der Waals surface area contributed by atoms with E-state index in [1.165, 1.54) is 0 Å². The number of hydrogen-bond donors (Lipinski definition) is 5. The van der Waals surface area contributed by atoms with E-state index in [1.807, 2.05) is 48.7 Å². The summed E-state index contributed by atoms with van der Waals surface area (Å²) in [4.78, 5) is 26.7. The molecule has 11 nitrogen and oxygen atoms in total. The molecule has 5 N–H and O–H groups in total. The second kappa shape index (κ2) is 9.58. The third-order valence-electron chi connectivity index (χ3n) is 6.19. The third-order valence-corrected chi connectivity index (χ3v) is 6.73. The van der Waals surface area contributed by atoms with Crippen LogP contribution in [0.4, 0.5) is 11.5 Å². The van der Waals surface area contributed by atoms with Gasteiger partial charge in [-0.1, -0.05) is 24.3 Å². The van der Waals surface area contributed by atoms with E-state index in [1.54, 1.807) is 29.4 Å². The number of hydrogen-bond acceptors (Lipinski definition) is 6. The van der Waals surface area contributed by atoms with E-state index in [9.17, 15) is 9.00 Å². The van der Waals surface area contributed by atoms with Crippen LogP contribution in [0, 0.1) is 0 Å². The number of fused-ring (bicyclic) bond motifs is 1. The summed E-state index contributed by atoms with van der Waals surface area (Å²) in [6, 6.07) is 17.2. The summed E-state index contributed by atoms with van der Waals surface area (Å²) in [5, 5.41) is 11.0. The Labute approximate surface area is 213 Å². The number of H-pyrrole nitrogens is 2. The average molecular weight is 515 g/mol. The van der Waals surface area contributed by atoms with Crippen LogP contribution in [0.15, 0.2) is 73.2 Å². The van der Waals surface area contributed by atoms with Crippen LogP contribution in [-0.2, 0) is 11.3 Å². The maximum absolute atomic E-state index is 12.8. The van der Waals surface area contributed by atoms with Gasteiger partial charge in [-0.05, 0) is 35.9 Å². The molecule has 1 unspecified atom stereocenters. The normalized spacial score (nSPS) is 14.5. The average Bonchev–Trinajstić information content (AvgIpc) is 3.56. The first-order chi connectivity index (χ1) is 18.0. The smallest absolute Gasteiger partial charge is 0.270 e. The zero-order valence-electron chi connectivity index (χ0n) is 19.4. The Bertz CT molecular complexity index is 1590. The van der Waals surface area contributed by atoms with Crippen LogP contribution in [0.3, 0.4) is 0 Å². The van der Waals surface area contributed by atoms with Gasteiger partial charge in [-0.2, -0.15) is 5.10 Å². The number of amides is 1. The number of benzene rings is 2. The molecular formula is C25H22N8O3S. The van der Waals surface area contributed by atoms with Crippen molar-refractivity contribution in [3.05, 3.63) is 78.9 Å². The Balaban J connectivity index is 1.17. The maximum Gasteiger partial charge on any atom is 0.270 e. The first-order valence-corrected chi connectivity index (χ1v) is 12.6. The van der Waals surface area contributed by atoms with Crippen molar-refractivity contribution in [2.45, 2.75) is 6.04 Å². The highest BCUT2D eigenvalue weighted by molar-refractivity contribution is 7.77. The Kier molecular flexibility index (Phi) is 5.96. The summed E-state index contributed by atoms with van der Waals surface area (Å²) in [5.74, 6) is 1.06. The van der Waals surface area contributed by atoms with Gasteiger partial charge in [0.05, 0.1) is 12.2 Å². The molecule has 0 bridgehead atoms. The summed E-state index contributed by atoms with van der Waals surface area (Å²) in [6.07, 6.45) is 5.33. The first-order valence-electron chi connectivity index (χ1n) is 11.5. The predicted molar refractivity (Wildman–Crippen MR) is 140 cm³/mol. The molecule has 37 heavy (non-hydrogen) atoms. The standard InChI is InChI=1S/C25H22N8O3S/c34-25(33-13-20(14-33)32-37(35)36)22-9-16-1-2-17(10-21(16)30-22)24-26-8-7-23(31-24)29-19-5-3-15(4-6-19)18-11-27-28-12-18/h1-12,20,30,32H,13-14H2,(H,27,28)(H,35,36)(H,26,29,31). The fourth-order valence-corrected chi connectivity index (χ4v) is 4.72. The molecule has 1 aliphatic rings. The summed E-state index contributed by atoms with van der Waals surface area (Å²) < 4.78 is 22.3. The zero-order chi connectivity index (χ0) is 25.4. The minimum absolute atomic E-state index is 0.152. The van der Waals surface area contributed by atoms with Crippen molar-refractivity contribution in [3.63, 3.8) is 0 Å². The van der Waals surface area contributed by atoms with Crippen molar-refractivity contribution in [3.8, 4) is 22.5 Å². The second-order valence-electron chi connectivity index (χ2n) is 8.71. The lowest BCUT2D eigenvalue weighted by molar-refractivity contribution is 0.0586. The van der Waals surface area contributed by atoms with Crippen LogP contribution >= 0.6 is 0 Å². The fourth-order valence-electron chi connectivity index (χ4n) is 4.28. The van der Waals surface area contributed by atoms with E-state index in [2.05, 4.69) is 35.2 Å². The summed E-state index contributed by atoms with van der Waals surface area (Å²) >= 11 is -2.09. The number of carbonyl (C=O) groups excluding carboxylic acids is 1. The van der Waals surface area contributed by atoms with Crippen LogP contribution in [0.1, 0.15) is 10.5 Å². The molecule has 6 rings (SSSR count). The van der Waals surface area contributed by atoms with Gasteiger partial charge in [0.2, 0.25) is 11.3 Å². The van der Waals surface area contributed by atoms with E-state index in [4.69, 9.17) is 4.55 Å². The van der Waals surface area contributed by atoms with Crippen LogP contribution in [-0.4, -0.2) is 63.8 Å². The molecule has 0 aliphatic carbocycles. The quantitative estimate of drug-likeness (QED) is 0.209. The fraction of sp³-hybridized carbons (Fsp3) is 0.120. The van der Waals surface area contributed by atoms with Crippen LogP contribution in [0.25, 0.3) is 33.4 Å². The molecule has 5 aromatic rings. The Morgan fingerprint density at radius 2 is 1.86 bits per heavy atom. The Morgan fingerprint density at radius 3 is 2.62 bits per heavy atom. The van der Waals surface area contributed by atoms with Gasteiger partial charge in [-0.25, -0.2) is 18.9 Å². The topological polar surface area (TPSA) is 152 Å². The van der Waals surface area contributed by atoms with Crippen molar-refractivity contribution >= 4 is 39.6 Å². The van der Waals surface area contributed by atoms with E-state index in [0.29, 0.717) is 30.4 Å². The number of carbonyl (C=O) groups is 1. The van der Waals surface area contributed by atoms with Crippen molar-refractivity contribution in [1.29, 1.82) is 0 Å². The molecule has 1 aliphatic heterocycles. The number of likely N-dealkylation sites (tertiary alicyclic amines) is 1. The lowest BCUT2D eigenvalue weighted by Gasteiger charge is -2.38. The molecule has 3 aromatic heterocycles. The van der Waals surface area contributed by atoms with Gasteiger partial charge in [-0.3, -0.25) is 14.4 Å². The second-order valence-corrected chi connectivity index (χ2v) is 9.45. The van der Waals surface area contributed by atoms with Crippen molar-refractivity contribution in [2.24, 2.45) is 0 Å². The molecule has 1 amide bonds. The lowest BCUT2D eigenvalue weighted by atomic mass is 10.1. The van der Waals surface area contributed by atoms with E-state index in [0.717, 1.165) is 33.3 Å². The molecule has 12 heteroatoms. The van der Waals surface area contributed by atoms with Gasteiger partial charge in [0.25, 0.3) is 5.91 Å². The molecule has 1 atom stereocenters. The minimum Gasteiger partial charge on any atom is -0.351 e. The monoisotopic (exact) mass is 514 g/mol. The van der Waals surface area contributed by atoms with Crippen molar-refractivity contribution < 1.29 is 13.6 Å². The van der Waals surface area contributed by atoms with Crippen LogP contribution in [0.5, 0.6) is 0 Å². The Morgan fingerprint density at radius 1 is 1.05 bits per heavy atom. The highest BCUT2D eigenvalue weighted by Gasteiger charge is 2.32. The van der Waals surface area contributed by atoms with Crippen LogP contribution < -0.4 is 10.0 Å². The molecule has 0 saturated carbocycles. The highest BCUT2D eigenvalue weighted by Crippen LogP contribution is 2.26. The molecule has 0 radical (unpaired) electrons. The van der Waals surface area contributed by atoms with Crippen LogP contribution in [0.2, 0.25) is 0 Å². The third kappa shape index (κ3) is 4.85. The number of rotatable bonds is 7. The number of aromatic amines is 2. The summed E-state index contributed by atoms with van der Waals surface area (Å²) in [6.45, 7) is 0.761. The van der Waals surface area contributed by atoms with Gasteiger partial charge in [0.1, 0.15) is 11.5 Å². The molecule has 1 saturated heterocycles. The van der Waals surface area contributed by atoms with Gasteiger partial charge in [-0.15, -0.1) is 0 Å². The van der Waals surface area contributed by atoms with Gasteiger partial charge < -0.3 is 15.2 Å². The molecular weight excluding hydrogens is 492 g/mol. The minimum atomic E-state index is -2.09. The highest BCUT2D eigenvalue weighted by atomic mass is 32.2. The van der Waals surface area contributed by atoms with Crippen molar-refractivity contribution in [2.75, 3.05) is 18.4 Å². The van der Waals surface area contributed by atoms with Gasteiger partial charge in [0, 0.05) is 53.2 Å². The van der Waals surface area contributed by atoms with E-state index >= 15 is 0 Å². The van der Waals surface area contributed by atoms with Gasteiger partial charge in [0.15, 0.2) is 5.82 Å². The number of nitrogens with one attached hydrogen (secondary N) is 4. The lowest BCUT2D eigenvalue weighted by Crippen LogP contribution is -2.60. The first kappa shape index (κ1) is 23.0. The maximum atomic E-state index is 12.8. The van der Waals surface area contributed by atoms with Gasteiger partial charge >= 0.3 is 0 Å². The molecule has 1 fully saturated rings. The largest absolute Gasteiger partial charge is 0.351 e. The molecule has 2 aromatic carbocycles. The van der Waals surface area contributed by atoms with E-state index < -0.39 is 11.3 Å². The van der Waals surface area contributed by atoms with Crippen molar-refractivity contribution in [1.82, 2.24) is 34.8 Å². The number of nitrogens with zero attached hydrogens (tertiary/aromatic N) is 4. The Hall–Kier alpha value is -4.39. The van der Waals surface area contributed by atoms with E-state index in [-0.39, 0.29) is 11.9 Å². The molecule has 186 valence electrons. The summed E-state index contributed by atoms with van der Waals surface area (Å²) in [5.41, 5.74) is 5.05. The SMILES string of the molecule is O=C(c1cc2ccc(-c3nccc(Nc4ccc(-c5cn[nH]c5)cc4)n3)cc2[nH]1)N1CC(NS(=O)O)C1. The molecule has 0 spiro atoms. The number of aromatic nitrogens is 5. The number of anilines is 2. The zero-order valence-corrected chi connectivity index (χ0v) is 20.2. The predicted octanol–water partition coefficient (Wildman–Crippen LogP) is 3.31. The summed E-state index contributed by atoms with van der Waals surface area (Å²) in [7, 11) is 0. The molecule has 4 heterocycles.